The highest BCUT2D eigenvalue weighted by molar-refractivity contribution is 5.94. The Morgan fingerprint density at radius 2 is 2.07 bits per heavy atom. The first-order valence-electron chi connectivity index (χ1n) is 8.41. The van der Waals surface area contributed by atoms with Gasteiger partial charge in [-0.1, -0.05) is 6.58 Å². The molecule has 2 heterocycles. The summed E-state index contributed by atoms with van der Waals surface area (Å²) in [6, 6.07) is 6.28. The molecule has 3 rings (SSSR count). The number of halogens is 2. The summed E-state index contributed by atoms with van der Waals surface area (Å²) >= 11 is 0. The van der Waals surface area contributed by atoms with Gasteiger partial charge in [0.2, 0.25) is 0 Å². The molecule has 1 aliphatic heterocycles. The zero-order valence-electron chi connectivity index (χ0n) is 14.5. The first-order chi connectivity index (χ1) is 13.0. The number of carbonyl (C=O) groups excluding carboxylic acids is 1. The van der Waals surface area contributed by atoms with Crippen LogP contribution in [-0.4, -0.2) is 26.9 Å². The van der Waals surface area contributed by atoms with Gasteiger partial charge >= 0.3 is 0 Å². The molecular formula is C19H17F2N5O. The second-order valence-corrected chi connectivity index (χ2v) is 6.16. The van der Waals surface area contributed by atoms with Crippen molar-refractivity contribution in [2.24, 2.45) is 5.10 Å². The smallest absolute Gasteiger partial charge is 0.268 e. The highest BCUT2D eigenvalue weighted by atomic mass is 19.1. The SMILES string of the molecule is C=C(CCCn1nccc1C#N)C(=O)N1N=CCC1c1cc(F)cc(F)c1. The minimum Gasteiger partial charge on any atom is -0.268 e. The molecule has 1 atom stereocenters. The number of hydrazone groups is 1. The molecule has 0 spiro atoms. The van der Waals surface area contributed by atoms with Gasteiger partial charge in [-0.2, -0.15) is 15.5 Å². The Hall–Kier alpha value is -3.34. The van der Waals surface area contributed by atoms with Crippen LogP contribution in [0.15, 0.2) is 47.7 Å². The minimum atomic E-state index is -0.698. The molecule has 0 aliphatic carbocycles. The number of aromatic nitrogens is 2. The molecule has 1 aromatic carbocycles. The van der Waals surface area contributed by atoms with Gasteiger partial charge in [0.15, 0.2) is 0 Å². The Bertz CT molecular complexity index is 924. The molecule has 1 aliphatic rings. The number of hydrogen-bond acceptors (Lipinski definition) is 4. The molecule has 27 heavy (non-hydrogen) atoms. The van der Waals surface area contributed by atoms with Gasteiger partial charge in [-0.3, -0.25) is 9.48 Å². The van der Waals surface area contributed by atoms with Crippen molar-refractivity contribution in [3.63, 3.8) is 0 Å². The van der Waals surface area contributed by atoms with E-state index in [0.717, 1.165) is 6.07 Å². The summed E-state index contributed by atoms with van der Waals surface area (Å²) in [4.78, 5) is 12.7. The maximum Gasteiger partial charge on any atom is 0.269 e. The lowest BCUT2D eigenvalue weighted by molar-refractivity contribution is -0.129. The van der Waals surface area contributed by atoms with Gasteiger partial charge in [0, 0.05) is 30.8 Å². The maximum atomic E-state index is 13.5. The van der Waals surface area contributed by atoms with Gasteiger partial charge in [-0.25, -0.2) is 13.8 Å². The van der Waals surface area contributed by atoms with Crippen molar-refractivity contribution in [2.45, 2.75) is 31.8 Å². The molecule has 0 saturated carbocycles. The average molecular weight is 369 g/mol. The lowest BCUT2D eigenvalue weighted by atomic mass is 10.0. The molecule has 1 aromatic heterocycles. The van der Waals surface area contributed by atoms with Gasteiger partial charge in [0.1, 0.15) is 23.4 Å². The van der Waals surface area contributed by atoms with E-state index in [1.165, 1.54) is 17.1 Å². The van der Waals surface area contributed by atoms with Gasteiger partial charge < -0.3 is 0 Å². The number of nitriles is 1. The quantitative estimate of drug-likeness (QED) is 0.733. The topological polar surface area (TPSA) is 74.3 Å². The van der Waals surface area contributed by atoms with Crippen LogP contribution in [0.1, 0.15) is 36.6 Å². The van der Waals surface area contributed by atoms with Crippen molar-refractivity contribution in [2.75, 3.05) is 0 Å². The summed E-state index contributed by atoms with van der Waals surface area (Å²) in [5.41, 5.74) is 1.13. The lowest BCUT2D eigenvalue weighted by Crippen LogP contribution is -2.28. The number of amides is 1. The van der Waals surface area contributed by atoms with Gasteiger partial charge in [0.05, 0.1) is 12.2 Å². The van der Waals surface area contributed by atoms with Crippen LogP contribution < -0.4 is 0 Å². The first kappa shape index (κ1) is 18.5. The standard InChI is InChI=1S/C19H17F2N5O/c1-13(3-2-8-25-17(12-22)4-6-23-25)19(27)26-18(5-7-24-26)14-9-15(20)11-16(21)10-14/h4,6-7,9-11,18H,1-3,5,8H2. The molecular weight excluding hydrogens is 352 g/mol. The van der Waals surface area contributed by atoms with E-state index in [1.807, 2.05) is 6.07 Å². The summed E-state index contributed by atoms with van der Waals surface area (Å²) in [6.07, 6.45) is 4.42. The van der Waals surface area contributed by atoms with E-state index in [0.29, 0.717) is 42.6 Å². The Balaban J connectivity index is 1.62. The van der Waals surface area contributed by atoms with Gasteiger partial charge in [-0.15, -0.1) is 0 Å². The van der Waals surface area contributed by atoms with E-state index in [1.54, 1.807) is 23.2 Å². The molecule has 0 bridgehead atoms. The Morgan fingerprint density at radius 3 is 2.78 bits per heavy atom. The van der Waals surface area contributed by atoms with E-state index >= 15 is 0 Å². The molecule has 0 N–H and O–H groups in total. The molecule has 138 valence electrons. The van der Waals surface area contributed by atoms with Crippen LogP contribution in [0, 0.1) is 23.0 Å². The average Bonchev–Trinajstić information content (AvgIpc) is 3.29. The maximum absolute atomic E-state index is 13.5. The van der Waals surface area contributed by atoms with E-state index in [9.17, 15) is 13.6 Å². The van der Waals surface area contributed by atoms with Crippen LogP contribution in [0.5, 0.6) is 0 Å². The van der Waals surface area contributed by atoms with E-state index in [2.05, 4.69) is 16.8 Å². The van der Waals surface area contributed by atoms with E-state index < -0.39 is 17.7 Å². The van der Waals surface area contributed by atoms with Crippen LogP contribution in [0.3, 0.4) is 0 Å². The number of rotatable bonds is 6. The fourth-order valence-electron chi connectivity index (χ4n) is 2.97. The van der Waals surface area contributed by atoms with E-state index in [4.69, 9.17) is 5.26 Å². The van der Waals surface area contributed by atoms with Gasteiger partial charge in [0.25, 0.3) is 5.91 Å². The monoisotopic (exact) mass is 369 g/mol. The van der Waals surface area contributed by atoms with Crippen molar-refractivity contribution in [1.82, 2.24) is 14.8 Å². The molecule has 0 radical (unpaired) electrons. The second-order valence-electron chi connectivity index (χ2n) is 6.16. The normalized spacial score (nSPS) is 15.7. The van der Waals surface area contributed by atoms with Crippen LogP contribution in [0.25, 0.3) is 0 Å². The molecule has 2 aromatic rings. The summed E-state index contributed by atoms with van der Waals surface area (Å²) in [5, 5.41) is 18.3. The zero-order valence-corrected chi connectivity index (χ0v) is 14.5. The first-order valence-corrected chi connectivity index (χ1v) is 8.41. The molecule has 8 heteroatoms. The number of carbonyl (C=O) groups is 1. The molecule has 1 unspecified atom stereocenters. The van der Waals surface area contributed by atoms with Crippen molar-refractivity contribution in [3.05, 3.63) is 65.5 Å². The summed E-state index contributed by atoms with van der Waals surface area (Å²) in [7, 11) is 0. The Morgan fingerprint density at radius 1 is 1.33 bits per heavy atom. The second kappa shape index (κ2) is 7.91. The van der Waals surface area contributed by atoms with Crippen molar-refractivity contribution in [3.8, 4) is 6.07 Å². The fourth-order valence-corrected chi connectivity index (χ4v) is 2.97. The third kappa shape index (κ3) is 4.08. The minimum absolute atomic E-state index is 0.335. The Labute approximate surface area is 155 Å². The van der Waals surface area contributed by atoms with Crippen LogP contribution >= 0.6 is 0 Å². The lowest BCUT2D eigenvalue weighted by Gasteiger charge is -2.23. The molecule has 0 saturated heterocycles. The predicted molar refractivity (Wildman–Crippen MR) is 94.4 cm³/mol. The van der Waals surface area contributed by atoms with Gasteiger partial charge in [-0.05, 0) is 36.6 Å². The van der Waals surface area contributed by atoms with Crippen LogP contribution in [0.4, 0.5) is 8.78 Å². The highest BCUT2D eigenvalue weighted by Crippen LogP contribution is 2.30. The highest BCUT2D eigenvalue weighted by Gasteiger charge is 2.30. The Kier molecular flexibility index (Phi) is 5.41. The van der Waals surface area contributed by atoms with Crippen LogP contribution in [-0.2, 0) is 11.3 Å². The van der Waals surface area contributed by atoms with Crippen LogP contribution in [0.2, 0.25) is 0 Å². The molecule has 0 fully saturated rings. The largest absolute Gasteiger partial charge is 0.269 e. The number of nitrogens with zero attached hydrogens (tertiary/aromatic N) is 5. The molecule has 6 nitrogen and oxygen atoms in total. The molecule has 1 amide bonds. The fraction of sp³-hybridized carbons (Fsp3) is 0.263. The van der Waals surface area contributed by atoms with Crippen molar-refractivity contribution >= 4 is 12.1 Å². The van der Waals surface area contributed by atoms with Crippen molar-refractivity contribution < 1.29 is 13.6 Å². The number of hydrogen-bond donors (Lipinski definition) is 0. The summed E-state index contributed by atoms with van der Waals surface area (Å²) in [5.74, 6) is -1.79. The number of aryl methyl sites for hydroxylation is 1. The zero-order chi connectivity index (χ0) is 19.4. The summed E-state index contributed by atoms with van der Waals surface area (Å²) < 4.78 is 28.6. The third-order valence-electron chi connectivity index (χ3n) is 4.29. The third-order valence-corrected chi connectivity index (χ3v) is 4.29. The predicted octanol–water partition coefficient (Wildman–Crippen LogP) is 3.33. The van der Waals surface area contributed by atoms with Crippen molar-refractivity contribution in [1.29, 1.82) is 5.26 Å². The van der Waals surface area contributed by atoms with E-state index in [-0.39, 0.29) is 5.91 Å². The summed E-state index contributed by atoms with van der Waals surface area (Å²) in [6.45, 7) is 4.29. The number of benzene rings is 1.